The fourth-order valence-corrected chi connectivity index (χ4v) is 1.57. The van der Waals surface area contributed by atoms with E-state index in [1.807, 2.05) is 0 Å². The first kappa shape index (κ1) is 12.7. The Morgan fingerprint density at radius 3 is 2.89 bits per heavy atom. The van der Waals surface area contributed by atoms with Crippen LogP contribution in [-0.4, -0.2) is 37.2 Å². The number of rotatable bonds is 4. The van der Waals surface area contributed by atoms with Crippen molar-refractivity contribution in [1.82, 2.24) is 20.2 Å². The summed E-state index contributed by atoms with van der Waals surface area (Å²) in [7, 11) is 0. The average Bonchev–Trinajstić information content (AvgIpc) is 2.75. The Labute approximate surface area is 108 Å². The highest BCUT2D eigenvalue weighted by Gasteiger charge is 2.12. The maximum absolute atomic E-state index is 11.0. The second kappa shape index (κ2) is 5.25. The molecule has 0 spiro atoms. The summed E-state index contributed by atoms with van der Waals surface area (Å²) in [6, 6.07) is 6.80. The van der Waals surface area contributed by atoms with Gasteiger partial charge in [0.05, 0.1) is 5.69 Å². The minimum absolute atomic E-state index is 0.195. The van der Waals surface area contributed by atoms with Crippen LogP contribution in [0.15, 0.2) is 24.3 Å². The number of hydrogen-bond donors (Lipinski definition) is 2. The molecule has 2 aromatic rings. The third kappa shape index (κ3) is 3.12. The van der Waals surface area contributed by atoms with Crippen molar-refractivity contribution in [2.24, 2.45) is 0 Å². The van der Waals surface area contributed by atoms with E-state index in [0.29, 0.717) is 11.4 Å². The van der Waals surface area contributed by atoms with E-state index in [1.54, 1.807) is 24.3 Å². The smallest absolute Gasteiger partial charge is 0.311 e. The predicted molar refractivity (Wildman–Crippen MR) is 64.8 cm³/mol. The minimum atomic E-state index is -1.02. The molecule has 8 nitrogen and oxygen atoms in total. The summed E-state index contributed by atoms with van der Waals surface area (Å²) < 4.78 is 1.32. The van der Waals surface area contributed by atoms with Crippen LogP contribution in [-0.2, 0) is 16.0 Å². The first-order chi connectivity index (χ1) is 9.06. The number of hydrogen-bond acceptors (Lipinski definition) is 5. The number of aromatic nitrogens is 4. The molecule has 0 aliphatic carbocycles. The van der Waals surface area contributed by atoms with Crippen molar-refractivity contribution < 1.29 is 14.7 Å². The first-order valence-electron chi connectivity index (χ1n) is 5.43. The van der Waals surface area contributed by atoms with Gasteiger partial charge in [0, 0.05) is 12.6 Å². The summed E-state index contributed by atoms with van der Waals surface area (Å²) in [5, 5.41) is 22.2. The molecule has 0 aliphatic heterocycles. The zero-order valence-electron chi connectivity index (χ0n) is 10.1. The molecule has 0 atom stereocenters. The highest BCUT2D eigenvalue weighted by Crippen LogP contribution is 2.14. The molecule has 19 heavy (non-hydrogen) atoms. The minimum Gasteiger partial charge on any atom is -0.481 e. The van der Waals surface area contributed by atoms with Crippen LogP contribution in [0.5, 0.6) is 0 Å². The Morgan fingerprint density at radius 1 is 1.42 bits per heavy atom. The number of nitrogens with zero attached hydrogens (tertiary/aromatic N) is 4. The summed E-state index contributed by atoms with van der Waals surface area (Å²) in [5.41, 5.74) is 1.16. The molecule has 0 aliphatic rings. The van der Waals surface area contributed by atoms with Crippen molar-refractivity contribution in [2.75, 3.05) is 5.32 Å². The van der Waals surface area contributed by atoms with Crippen LogP contribution in [0.3, 0.4) is 0 Å². The molecular formula is C11H11N5O3. The molecule has 0 bridgehead atoms. The second-order valence-electron chi connectivity index (χ2n) is 3.81. The zero-order valence-corrected chi connectivity index (χ0v) is 10.1. The number of tetrazole rings is 1. The Balaban J connectivity index is 2.33. The summed E-state index contributed by atoms with van der Waals surface area (Å²) in [5.74, 6) is -0.999. The number of benzene rings is 1. The van der Waals surface area contributed by atoms with Gasteiger partial charge in [0.1, 0.15) is 6.42 Å². The molecule has 98 valence electrons. The van der Waals surface area contributed by atoms with Crippen molar-refractivity contribution in [2.45, 2.75) is 13.3 Å². The molecule has 1 amide bonds. The summed E-state index contributed by atoms with van der Waals surface area (Å²) >= 11 is 0. The fraction of sp³-hybridized carbons (Fsp3) is 0.182. The number of carboxylic acid groups (broad SMARTS) is 1. The Morgan fingerprint density at radius 2 is 2.21 bits per heavy atom. The molecule has 0 radical (unpaired) electrons. The lowest BCUT2D eigenvalue weighted by molar-refractivity contribution is -0.136. The topological polar surface area (TPSA) is 110 Å². The monoisotopic (exact) mass is 261 g/mol. The molecule has 0 unspecified atom stereocenters. The van der Waals surface area contributed by atoms with Gasteiger partial charge in [0.2, 0.25) is 5.91 Å². The van der Waals surface area contributed by atoms with Gasteiger partial charge in [-0.25, -0.2) is 0 Å². The Hall–Kier alpha value is -2.77. The van der Waals surface area contributed by atoms with Gasteiger partial charge in [-0.3, -0.25) is 9.59 Å². The van der Waals surface area contributed by atoms with Crippen molar-refractivity contribution in [3.05, 3.63) is 30.1 Å². The number of carboxylic acids is 1. The van der Waals surface area contributed by atoms with E-state index >= 15 is 0 Å². The molecule has 0 fully saturated rings. The Kier molecular flexibility index (Phi) is 3.51. The van der Waals surface area contributed by atoms with E-state index < -0.39 is 5.97 Å². The van der Waals surface area contributed by atoms with E-state index in [0.717, 1.165) is 0 Å². The lowest BCUT2D eigenvalue weighted by Gasteiger charge is -2.06. The lowest BCUT2D eigenvalue weighted by atomic mass is 10.2. The van der Waals surface area contributed by atoms with E-state index in [1.165, 1.54) is 11.6 Å². The van der Waals surface area contributed by atoms with Crippen LogP contribution < -0.4 is 5.32 Å². The maximum Gasteiger partial charge on any atom is 0.311 e. The number of carbonyl (C=O) groups excluding carboxylic acids is 1. The largest absolute Gasteiger partial charge is 0.481 e. The molecule has 1 aromatic heterocycles. The van der Waals surface area contributed by atoms with E-state index in [-0.39, 0.29) is 18.2 Å². The van der Waals surface area contributed by atoms with Crippen molar-refractivity contribution >= 4 is 17.6 Å². The Bertz CT molecular complexity index is 622. The molecule has 8 heteroatoms. The molecule has 1 heterocycles. The van der Waals surface area contributed by atoms with Gasteiger partial charge in [-0.1, -0.05) is 6.07 Å². The lowest BCUT2D eigenvalue weighted by Crippen LogP contribution is -2.10. The van der Waals surface area contributed by atoms with Crippen LogP contribution in [0.4, 0.5) is 5.69 Å². The fourth-order valence-electron chi connectivity index (χ4n) is 1.57. The summed E-state index contributed by atoms with van der Waals surface area (Å²) in [6.45, 7) is 1.40. The van der Waals surface area contributed by atoms with Crippen LogP contribution in [0, 0.1) is 0 Å². The number of amides is 1. The highest BCUT2D eigenvalue weighted by molar-refractivity contribution is 5.88. The van der Waals surface area contributed by atoms with E-state index in [4.69, 9.17) is 5.11 Å². The van der Waals surface area contributed by atoms with Crippen molar-refractivity contribution in [3.63, 3.8) is 0 Å². The normalized spacial score (nSPS) is 10.2. The summed E-state index contributed by atoms with van der Waals surface area (Å²) in [4.78, 5) is 21.7. The van der Waals surface area contributed by atoms with Gasteiger partial charge < -0.3 is 10.4 Å². The van der Waals surface area contributed by atoms with Gasteiger partial charge in [0.15, 0.2) is 5.82 Å². The third-order valence-electron chi connectivity index (χ3n) is 2.25. The number of anilines is 1. The maximum atomic E-state index is 11.0. The standard InChI is InChI=1S/C11H11N5O3/c1-7(17)12-8-3-2-4-9(5-8)16-10(6-11(18)19)13-14-15-16/h2-5H,6H2,1H3,(H,12,17)(H,18,19). The van der Waals surface area contributed by atoms with Crippen molar-refractivity contribution in [1.29, 1.82) is 0 Å². The van der Waals surface area contributed by atoms with Gasteiger partial charge in [-0.05, 0) is 28.6 Å². The molecular weight excluding hydrogens is 250 g/mol. The van der Waals surface area contributed by atoms with E-state index in [9.17, 15) is 9.59 Å². The predicted octanol–water partition coefficient (Wildman–Crippen LogP) is 0.248. The van der Waals surface area contributed by atoms with Gasteiger partial charge in [0.25, 0.3) is 0 Å². The van der Waals surface area contributed by atoms with Crippen molar-refractivity contribution in [3.8, 4) is 5.69 Å². The van der Waals surface area contributed by atoms with Gasteiger partial charge >= 0.3 is 5.97 Å². The van der Waals surface area contributed by atoms with Crippen LogP contribution >= 0.6 is 0 Å². The van der Waals surface area contributed by atoms with Crippen LogP contribution in [0.25, 0.3) is 5.69 Å². The van der Waals surface area contributed by atoms with E-state index in [2.05, 4.69) is 20.8 Å². The van der Waals surface area contributed by atoms with Crippen LogP contribution in [0.2, 0.25) is 0 Å². The number of nitrogens with one attached hydrogen (secondary N) is 1. The SMILES string of the molecule is CC(=O)Nc1cccc(-n2nnnc2CC(=O)O)c1. The number of carbonyl (C=O) groups is 2. The molecule has 0 saturated heterocycles. The van der Waals surface area contributed by atoms with Crippen LogP contribution in [0.1, 0.15) is 12.7 Å². The van der Waals surface area contributed by atoms with Gasteiger partial charge in [-0.2, -0.15) is 4.68 Å². The summed E-state index contributed by atoms with van der Waals surface area (Å²) in [6.07, 6.45) is -0.280. The highest BCUT2D eigenvalue weighted by atomic mass is 16.4. The zero-order chi connectivity index (χ0) is 13.8. The quantitative estimate of drug-likeness (QED) is 0.816. The third-order valence-corrected chi connectivity index (χ3v) is 2.25. The molecule has 0 saturated carbocycles. The first-order valence-corrected chi connectivity index (χ1v) is 5.43. The second-order valence-corrected chi connectivity index (χ2v) is 3.81. The molecule has 1 aromatic carbocycles. The number of aliphatic carboxylic acids is 1. The average molecular weight is 261 g/mol. The van der Waals surface area contributed by atoms with Gasteiger partial charge in [-0.15, -0.1) is 5.10 Å². The molecule has 2 rings (SSSR count). The molecule has 2 N–H and O–H groups in total.